The third-order valence-electron chi connectivity index (χ3n) is 6.05. The Labute approximate surface area is 154 Å². The predicted octanol–water partition coefficient (Wildman–Crippen LogP) is 3.94. The molecule has 5 rings (SSSR count). The van der Waals surface area contributed by atoms with Crippen molar-refractivity contribution in [2.75, 3.05) is 20.3 Å². The van der Waals surface area contributed by atoms with Gasteiger partial charge in [-0.05, 0) is 42.7 Å². The number of hydrogen-bond donors (Lipinski definition) is 1. The van der Waals surface area contributed by atoms with E-state index in [2.05, 4.69) is 64.2 Å². The van der Waals surface area contributed by atoms with Crippen LogP contribution in [0.15, 0.2) is 48.5 Å². The lowest BCUT2D eigenvalue weighted by Gasteiger charge is -2.34. The molecule has 0 saturated carbocycles. The summed E-state index contributed by atoms with van der Waals surface area (Å²) in [6.45, 7) is 5.54. The average Bonchev–Trinajstić information content (AvgIpc) is 3.24. The van der Waals surface area contributed by atoms with Gasteiger partial charge in [-0.1, -0.05) is 30.3 Å². The highest BCUT2D eigenvalue weighted by Crippen LogP contribution is 2.40. The Bertz CT molecular complexity index is 933. The molecule has 134 valence electrons. The molecule has 2 aliphatic rings. The fourth-order valence-electron chi connectivity index (χ4n) is 4.74. The number of H-pyrrole nitrogens is 1. The number of hydrogen-bond acceptors (Lipinski definition) is 3. The molecule has 1 fully saturated rings. The monoisotopic (exact) mass is 347 g/mol. The zero-order valence-electron chi connectivity index (χ0n) is 15.4. The van der Waals surface area contributed by atoms with Gasteiger partial charge >= 0.3 is 0 Å². The van der Waals surface area contributed by atoms with Gasteiger partial charge in [0.1, 0.15) is 5.75 Å². The van der Waals surface area contributed by atoms with E-state index in [1.54, 1.807) is 7.11 Å². The summed E-state index contributed by atoms with van der Waals surface area (Å²) in [5, 5.41) is 1.33. The van der Waals surface area contributed by atoms with Crippen LogP contribution in [0.25, 0.3) is 10.9 Å². The highest BCUT2D eigenvalue weighted by Gasteiger charge is 2.39. The molecule has 0 spiro atoms. The van der Waals surface area contributed by atoms with E-state index in [4.69, 9.17) is 4.74 Å². The zero-order valence-corrected chi connectivity index (χ0v) is 15.4. The average molecular weight is 347 g/mol. The normalized spacial score (nSPS) is 23.2. The van der Waals surface area contributed by atoms with E-state index in [1.165, 1.54) is 27.7 Å². The Morgan fingerprint density at radius 3 is 2.81 bits per heavy atom. The van der Waals surface area contributed by atoms with Crippen LogP contribution in [0, 0.1) is 0 Å². The molecule has 2 unspecified atom stereocenters. The molecule has 26 heavy (non-hydrogen) atoms. The molecule has 0 aliphatic carbocycles. The topological polar surface area (TPSA) is 31.5 Å². The maximum absolute atomic E-state index is 5.45. The molecule has 3 aromatic rings. The van der Waals surface area contributed by atoms with Crippen LogP contribution in [0.2, 0.25) is 0 Å². The van der Waals surface area contributed by atoms with E-state index in [1.807, 2.05) is 6.07 Å². The standard InChI is InChI=1S/C22H25N3O/c1-15-22-20(19-11-18(26-2)8-9-21(19)23-22)10-17-13-24(14-25(15)17)12-16-6-4-3-5-7-16/h3-9,11,15,17,23H,10,12-14H2,1-2H3. The van der Waals surface area contributed by atoms with Crippen LogP contribution in [0.5, 0.6) is 5.75 Å². The van der Waals surface area contributed by atoms with Crippen LogP contribution in [-0.4, -0.2) is 41.1 Å². The van der Waals surface area contributed by atoms with Crippen LogP contribution in [0.4, 0.5) is 0 Å². The van der Waals surface area contributed by atoms with Crippen molar-refractivity contribution >= 4 is 10.9 Å². The van der Waals surface area contributed by atoms with E-state index in [0.717, 1.165) is 31.9 Å². The zero-order chi connectivity index (χ0) is 17.7. The van der Waals surface area contributed by atoms with Crippen LogP contribution >= 0.6 is 0 Å². The van der Waals surface area contributed by atoms with Crippen molar-refractivity contribution in [3.05, 3.63) is 65.4 Å². The molecule has 0 amide bonds. The number of fused-ring (bicyclic) bond motifs is 4. The fraction of sp³-hybridized carbons (Fsp3) is 0.364. The fourth-order valence-corrected chi connectivity index (χ4v) is 4.74. The first-order valence-corrected chi connectivity index (χ1v) is 9.43. The van der Waals surface area contributed by atoms with Gasteiger partial charge in [0, 0.05) is 41.8 Å². The summed E-state index contributed by atoms with van der Waals surface area (Å²) in [6, 6.07) is 18.2. The summed E-state index contributed by atoms with van der Waals surface area (Å²) < 4.78 is 5.45. The van der Waals surface area contributed by atoms with Crippen molar-refractivity contribution < 1.29 is 4.74 Å². The summed E-state index contributed by atoms with van der Waals surface area (Å²) in [5.74, 6) is 0.937. The second-order valence-corrected chi connectivity index (χ2v) is 7.62. The van der Waals surface area contributed by atoms with Gasteiger partial charge in [-0.3, -0.25) is 9.80 Å². The summed E-state index contributed by atoms with van der Waals surface area (Å²) in [4.78, 5) is 8.90. The van der Waals surface area contributed by atoms with Crippen molar-refractivity contribution in [3.8, 4) is 5.75 Å². The maximum Gasteiger partial charge on any atom is 0.119 e. The summed E-state index contributed by atoms with van der Waals surface area (Å²) >= 11 is 0. The lowest BCUT2D eigenvalue weighted by Crippen LogP contribution is -2.39. The minimum Gasteiger partial charge on any atom is -0.497 e. The Morgan fingerprint density at radius 1 is 1.15 bits per heavy atom. The second kappa shape index (κ2) is 6.15. The number of aromatic amines is 1. The molecule has 2 aromatic carbocycles. The Balaban J connectivity index is 1.43. The number of ether oxygens (including phenoxy) is 1. The van der Waals surface area contributed by atoms with Gasteiger partial charge in [-0.2, -0.15) is 0 Å². The van der Waals surface area contributed by atoms with Gasteiger partial charge in [-0.25, -0.2) is 0 Å². The van der Waals surface area contributed by atoms with Gasteiger partial charge in [0.15, 0.2) is 0 Å². The van der Waals surface area contributed by atoms with Gasteiger partial charge in [0.25, 0.3) is 0 Å². The largest absolute Gasteiger partial charge is 0.497 e. The number of rotatable bonds is 3. The SMILES string of the molecule is COc1ccc2[nH]c3c(c2c1)CC1CN(Cc2ccccc2)CN1C3C. The van der Waals surface area contributed by atoms with Crippen molar-refractivity contribution in [3.63, 3.8) is 0 Å². The quantitative estimate of drug-likeness (QED) is 0.779. The van der Waals surface area contributed by atoms with Crippen molar-refractivity contribution in [2.24, 2.45) is 0 Å². The molecule has 1 saturated heterocycles. The first-order valence-electron chi connectivity index (χ1n) is 9.43. The molecule has 1 N–H and O–H groups in total. The highest BCUT2D eigenvalue weighted by molar-refractivity contribution is 5.86. The van der Waals surface area contributed by atoms with E-state index in [9.17, 15) is 0 Å². The summed E-state index contributed by atoms with van der Waals surface area (Å²) in [6.07, 6.45) is 1.11. The maximum atomic E-state index is 5.45. The van der Waals surface area contributed by atoms with Gasteiger partial charge in [-0.15, -0.1) is 0 Å². The Kier molecular flexibility index (Phi) is 3.76. The molecule has 2 atom stereocenters. The second-order valence-electron chi connectivity index (χ2n) is 7.62. The smallest absolute Gasteiger partial charge is 0.119 e. The molecule has 3 heterocycles. The molecule has 0 radical (unpaired) electrons. The molecular formula is C22H25N3O. The van der Waals surface area contributed by atoms with E-state index in [-0.39, 0.29) is 0 Å². The minimum absolute atomic E-state index is 0.419. The number of aromatic nitrogens is 1. The number of nitrogens with zero attached hydrogens (tertiary/aromatic N) is 2. The van der Waals surface area contributed by atoms with Crippen molar-refractivity contribution in [1.29, 1.82) is 0 Å². The molecule has 0 bridgehead atoms. The van der Waals surface area contributed by atoms with Crippen LogP contribution in [-0.2, 0) is 13.0 Å². The minimum atomic E-state index is 0.419. The van der Waals surface area contributed by atoms with Crippen LogP contribution < -0.4 is 4.74 Å². The summed E-state index contributed by atoms with van der Waals surface area (Å²) in [7, 11) is 1.74. The number of nitrogens with one attached hydrogen (secondary N) is 1. The van der Waals surface area contributed by atoms with Gasteiger partial charge in [0.05, 0.1) is 13.8 Å². The van der Waals surface area contributed by atoms with Gasteiger partial charge < -0.3 is 9.72 Å². The van der Waals surface area contributed by atoms with E-state index in [0.29, 0.717) is 12.1 Å². The highest BCUT2D eigenvalue weighted by atomic mass is 16.5. The van der Waals surface area contributed by atoms with Crippen LogP contribution in [0.3, 0.4) is 0 Å². The number of methoxy groups -OCH3 is 1. The molecule has 4 nitrogen and oxygen atoms in total. The van der Waals surface area contributed by atoms with E-state index >= 15 is 0 Å². The lowest BCUT2D eigenvalue weighted by atomic mass is 9.93. The predicted molar refractivity (Wildman–Crippen MR) is 104 cm³/mol. The third-order valence-corrected chi connectivity index (χ3v) is 6.05. The van der Waals surface area contributed by atoms with E-state index < -0.39 is 0 Å². The lowest BCUT2D eigenvalue weighted by molar-refractivity contribution is 0.154. The molecular weight excluding hydrogens is 322 g/mol. The summed E-state index contributed by atoms with van der Waals surface area (Å²) in [5.41, 5.74) is 5.49. The Hall–Kier alpha value is -2.30. The molecule has 1 aromatic heterocycles. The Morgan fingerprint density at radius 2 is 2.00 bits per heavy atom. The van der Waals surface area contributed by atoms with Gasteiger partial charge in [0.2, 0.25) is 0 Å². The first-order chi connectivity index (χ1) is 12.7. The number of benzene rings is 2. The van der Waals surface area contributed by atoms with Crippen molar-refractivity contribution in [1.82, 2.24) is 14.8 Å². The molecule has 2 aliphatic heterocycles. The van der Waals surface area contributed by atoms with Crippen LogP contribution in [0.1, 0.15) is 29.8 Å². The third kappa shape index (κ3) is 2.52. The molecule has 4 heteroatoms. The first kappa shape index (κ1) is 15.9. The van der Waals surface area contributed by atoms with Crippen molar-refractivity contribution in [2.45, 2.75) is 32.0 Å².